The lowest BCUT2D eigenvalue weighted by atomic mass is 9.95. The van der Waals surface area contributed by atoms with Gasteiger partial charge >= 0.3 is 5.97 Å². The molecule has 0 unspecified atom stereocenters. The molecule has 1 aromatic carbocycles. The van der Waals surface area contributed by atoms with Gasteiger partial charge in [-0.15, -0.1) is 12.4 Å². The summed E-state index contributed by atoms with van der Waals surface area (Å²) < 4.78 is 20.7. The van der Waals surface area contributed by atoms with Crippen LogP contribution in [-0.2, 0) is 28.2 Å². The number of aromatic nitrogens is 1. The summed E-state index contributed by atoms with van der Waals surface area (Å²) in [7, 11) is 0. The first-order valence-corrected chi connectivity index (χ1v) is 16.3. The van der Waals surface area contributed by atoms with E-state index in [0.717, 1.165) is 12.8 Å². The molecule has 3 heterocycles. The highest BCUT2D eigenvalue weighted by Crippen LogP contribution is 2.64. The van der Waals surface area contributed by atoms with Crippen LogP contribution >= 0.6 is 35.8 Å². The Morgan fingerprint density at radius 1 is 1.30 bits per heavy atom. The molecular formula is C30H35Cl2FN4O6S. The zero-order valence-electron chi connectivity index (χ0n) is 24.4. The van der Waals surface area contributed by atoms with E-state index in [0.29, 0.717) is 35.6 Å². The Morgan fingerprint density at radius 3 is 2.68 bits per heavy atom. The standard InChI is InChI=1S/C30H34ClFN4O6S.ClH/c1-15(42-29(41)22(33)7-10-43-2)13-35-27(39)24-18-6-9-34(14-16-3-4-21(32)20(31)11-16)26(38)23(18)25(37)28(40)36(24)30(35)8-5-17-12-19(17)30;/h3-4,11,15,17,19,22,37H,5-10,12-14,33H2,1-2H3;1H/t15-,17-,19+,22-,30+;/m0./s1. The van der Waals surface area contributed by atoms with Gasteiger partial charge < -0.3 is 25.4 Å². The smallest absolute Gasteiger partial charge is 0.323 e. The first-order chi connectivity index (χ1) is 20.5. The summed E-state index contributed by atoms with van der Waals surface area (Å²) in [6.07, 6.45) is 4.12. The molecule has 44 heavy (non-hydrogen) atoms. The van der Waals surface area contributed by atoms with Crippen molar-refractivity contribution in [2.24, 2.45) is 17.6 Å². The highest BCUT2D eigenvalue weighted by atomic mass is 35.5. The Bertz CT molecular complexity index is 1590. The second-order valence-corrected chi connectivity index (χ2v) is 13.4. The van der Waals surface area contributed by atoms with Gasteiger partial charge in [0.2, 0.25) is 0 Å². The van der Waals surface area contributed by atoms with Gasteiger partial charge in [-0.1, -0.05) is 17.7 Å². The van der Waals surface area contributed by atoms with Crippen molar-refractivity contribution < 1.29 is 28.6 Å². The van der Waals surface area contributed by atoms with Crippen molar-refractivity contribution in [3.63, 3.8) is 0 Å². The second-order valence-electron chi connectivity index (χ2n) is 12.0. The monoisotopic (exact) mass is 668 g/mol. The quantitative estimate of drug-likeness (QED) is 0.388. The summed E-state index contributed by atoms with van der Waals surface area (Å²) in [6.45, 7) is 2.05. The van der Waals surface area contributed by atoms with Gasteiger partial charge in [-0.05, 0) is 74.7 Å². The van der Waals surface area contributed by atoms with Crippen LogP contribution in [0.2, 0.25) is 5.02 Å². The molecule has 2 fully saturated rings. The minimum absolute atomic E-state index is 0. The molecule has 2 saturated carbocycles. The molecule has 0 radical (unpaired) electrons. The SMILES string of the molecule is CSCC[C@H](N)C(=O)O[C@@H](C)CN1C(=O)c2c3c(c(O)c(=O)n2[C@@]12CC[C@H]1C[C@H]12)C(=O)N(Cc1ccc(F)c(Cl)c1)CC3.Cl. The van der Waals surface area contributed by atoms with Crippen LogP contribution in [0.15, 0.2) is 23.0 Å². The Balaban J connectivity index is 0.00000384. The molecule has 0 bridgehead atoms. The number of amides is 2. The molecule has 2 amide bonds. The van der Waals surface area contributed by atoms with Gasteiger partial charge in [0.25, 0.3) is 17.4 Å². The number of rotatable bonds is 9. The van der Waals surface area contributed by atoms with E-state index >= 15 is 0 Å². The van der Waals surface area contributed by atoms with Crippen molar-refractivity contribution in [1.29, 1.82) is 0 Å². The number of nitrogens with two attached hydrogens (primary N) is 1. The summed E-state index contributed by atoms with van der Waals surface area (Å²) in [5.41, 5.74) is 5.11. The molecule has 1 aromatic heterocycles. The summed E-state index contributed by atoms with van der Waals surface area (Å²) >= 11 is 7.50. The highest BCUT2D eigenvalue weighted by molar-refractivity contribution is 7.98. The maximum atomic E-state index is 14.2. The number of aromatic hydroxyl groups is 1. The van der Waals surface area contributed by atoms with E-state index in [4.69, 9.17) is 22.1 Å². The largest absolute Gasteiger partial charge is 0.502 e. The predicted molar refractivity (Wildman–Crippen MR) is 166 cm³/mol. The third-order valence-corrected chi connectivity index (χ3v) is 10.3. The van der Waals surface area contributed by atoms with Crippen LogP contribution in [-0.4, -0.2) is 74.5 Å². The fraction of sp³-hybridized carbons (Fsp3) is 0.533. The highest BCUT2D eigenvalue weighted by Gasteiger charge is 2.67. The topological polar surface area (TPSA) is 135 Å². The van der Waals surface area contributed by atoms with Gasteiger partial charge in [-0.3, -0.25) is 23.7 Å². The van der Waals surface area contributed by atoms with Crippen LogP contribution in [0.1, 0.15) is 64.6 Å². The minimum atomic E-state index is -0.993. The molecule has 10 nitrogen and oxygen atoms in total. The lowest BCUT2D eigenvalue weighted by molar-refractivity contribution is -0.151. The third kappa shape index (κ3) is 5.17. The van der Waals surface area contributed by atoms with E-state index in [2.05, 4.69) is 0 Å². The van der Waals surface area contributed by atoms with Crippen LogP contribution in [0.4, 0.5) is 4.39 Å². The first-order valence-electron chi connectivity index (χ1n) is 14.5. The predicted octanol–water partition coefficient (Wildman–Crippen LogP) is 3.52. The number of halogens is 3. The molecule has 4 aliphatic rings. The van der Waals surface area contributed by atoms with E-state index in [-0.39, 0.29) is 60.7 Å². The number of ether oxygens (including phenoxy) is 1. The Labute approximate surface area is 269 Å². The number of carbonyl (C=O) groups excluding carboxylic acids is 3. The number of hydrogen-bond donors (Lipinski definition) is 2. The number of thioether (sulfide) groups is 1. The molecule has 0 saturated heterocycles. The maximum Gasteiger partial charge on any atom is 0.323 e. The van der Waals surface area contributed by atoms with Gasteiger partial charge in [0, 0.05) is 24.6 Å². The average molecular weight is 670 g/mol. The normalized spacial score (nSPS) is 24.5. The van der Waals surface area contributed by atoms with Crippen LogP contribution in [0, 0.1) is 17.7 Å². The Hall–Kier alpha value is -2.80. The fourth-order valence-corrected chi connectivity index (χ4v) is 7.92. The number of fused-ring (bicyclic) bond motifs is 6. The third-order valence-electron chi connectivity index (χ3n) is 9.34. The van der Waals surface area contributed by atoms with Crippen molar-refractivity contribution in [1.82, 2.24) is 14.4 Å². The molecule has 2 aliphatic carbocycles. The number of hydrogen-bond acceptors (Lipinski definition) is 8. The molecule has 238 valence electrons. The zero-order valence-corrected chi connectivity index (χ0v) is 26.8. The lowest BCUT2D eigenvalue weighted by Crippen LogP contribution is -2.53. The number of nitrogens with zero attached hydrogens (tertiary/aromatic N) is 3. The van der Waals surface area contributed by atoms with E-state index in [1.54, 1.807) is 23.6 Å². The van der Waals surface area contributed by atoms with E-state index < -0.39 is 52.7 Å². The van der Waals surface area contributed by atoms with Gasteiger partial charge in [-0.2, -0.15) is 11.8 Å². The summed E-state index contributed by atoms with van der Waals surface area (Å²) in [6, 6.07) is 3.38. The maximum absolute atomic E-state index is 14.2. The molecule has 2 aliphatic heterocycles. The van der Waals surface area contributed by atoms with E-state index in [1.807, 2.05) is 6.26 Å². The van der Waals surface area contributed by atoms with E-state index in [9.17, 15) is 28.7 Å². The number of carbonyl (C=O) groups is 3. The number of esters is 1. The lowest BCUT2D eigenvalue weighted by Gasteiger charge is -2.39. The first kappa shape index (κ1) is 32.6. The van der Waals surface area contributed by atoms with E-state index in [1.165, 1.54) is 27.7 Å². The van der Waals surface area contributed by atoms with Crippen molar-refractivity contribution in [2.75, 3.05) is 25.1 Å². The fourth-order valence-electron chi connectivity index (χ4n) is 7.23. The minimum Gasteiger partial charge on any atom is -0.502 e. The molecule has 6 rings (SSSR count). The van der Waals surface area contributed by atoms with Crippen molar-refractivity contribution in [3.8, 4) is 5.75 Å². The van der Waals surface area contributed by atoms with Crippen molar-refractivity contribution in [2.45, 2.75) is 63.4 Å². The number of pyridine rings is 1. The summed E-state index contributed by atoms with van der Waals surface area (Å²) in [5, 5.41) is 11.1. The average Bonchev–Trinajstić information content (AvgIpc) is 3.62. The van der Waals surface area contributed by atoms with Gasteiger partial charge in [0.1, 0.15) is 29.3 Å². The van der Waals surface area contributed by atoms with Crippen molar-refractivity contribution >= 4 is 53.6 Å². The van der Waals surface area contributed by atoms with Crippen LogP contribution < -0.4 is 11.3 Å². The molecule has 14 heteroatoms. The van der Waals surface area contributed by atoms with Crippen LogP contribution in [0.3, 0.4) is 0 Å². The Kier molecular flexibility index (Phi) is 9.03. The molecule has 5 atom stereocenters. The summed E-state index contributed by atoms with van der Waals surface area (Å²) in [5.74, 6) is -1.71. The summed E-state index contributed by atoms with van der Waals surface area (Å²) in [4.78, 5) is 57.5. The number of benzene rings is 1. The zero-order chi connectivity index (χ0) is 30.8. The van der Waals surface area contributed by atoms with Gasteiger partial charge in [0.05, 0.1) is 17.1 Å². The molecule has 3 N–H and O–H groups in total. The van der Waals surface area contributed by atoms with Crippen LogP contribution in [0.5, 0.6) is 5.75 Å². The van der Waals surface area contributed by atoms with Gasteiger partial charge in [-0.25, -0.2) is 4.39 Å². The molecule has 2 aromatic rings. The molecule has 1 spiro atoms. The van der Waals surface area contributed by atoms with Crippen molar-refractivity contribution in [3.05, 3.63) is 61.8 Å². The van der Waals surface area contributed by atoms with Gasteiger partial charge in [0.15, 0.2) is 5.75 Å². The second kappa shape index (κ2) is 12.2. The molecular weight excluding hydrogens is 634 g/mol. The van der Waals surface area contributed by atoms with Crippen LogP contribution in [0.25, 0.3) is 0 Å². The Morgan fingerprint density at radius 2 is 2.05 bits per heavy atom.